The van der Waals surface area contributed by atoms with Crippen molar-refractivity contribution in [2.75, 3.05) is 20.7 Å². The quantitative estimate of drug-likeness (QED) is 0.868. The van der Waals surface area contributed by atoms with Gasteiger partial charge in [-0.2, -0.15) is 0 Å². The number of ether oxygens (including phenoxy) is 1. The van der Waals surface area contributed by atoms with Crippen molar-refractivity contribution in [3.8, 4) is 5.75 Å². The third-order valence-corrected chi connectivity index (χ3v) is 2.80. The van der Waals surface area contributed by atoms with Crippen molar-refractivity contribution in [3.05, 3.63) is 29.3 Å². The lowest BCUT2D eigenvalue weighted by Crippen LogP contribution is -2.23. The van der Waals surface area contributed by atoms with E-state index in [0.29, 0.717) is 13.0 Å². The average molecular weight is 250 g/mol. The molecule has 0 aliphatic rings. The molecule has 0 fully saturated rings. The van der Waals surface area contributed by atoms with Crippen LogP contribution in [0.25, 0.3) is 0 Å². The summed E-state index contributed by atoms with van der Waals surface area (Å²) in [5, 5.41) is 0. The molecule has 0 radical (unpaired) electrons. The largest absolute Gasteiger partial charge is 0.493 e. The second-order valence-electron chi connectivity index (χ2n) is 4.70. The first-order chi connectivity index (χ1) is 8.41. The van der Waals surface area contributed by atoms with E-state index in [1.807, 2.05) is 32.0 Å². The van der Waals surface area contributed by atoms with E-state index in [1.165, 1.54) is 0 Å². The fourth-order valence-electron chi connectivity index (χ4n) is 1.59. The molecule has 1 aromatic carbocycles. The Hall–Kier alpha value is -1.55. The molecule has 0 saturated carbocycles. The van der Waals surface area contributed by atoms with Crippen LogP contribution in [0.2, 0.25) is 0 Å². The highest BCUT2D eigenvalue weighted by Crippen LogP contribution is 2.21. The molecule has 1 aromatic rings. The number of benzene rings is 1. The van der Waals surface area contributed by atoms with E-state index >= 15 is 0 Å². The smallest absolute Gasteiger partial charge is 0.225 e. The van der Waals surface area contributed by atoms with Gasteiger partial charge in [-0.05, 0) is 31.0 Å². The molecule has 0 aromatic heterocycles. The number of nitrogens with two attached hydrogens (primary N) is 1. The first-order valence-corrected chi connectivity index (χ1v) is 6.11. The van der Waals surface area contributed by atoms with Crippen molar-refractivity contribution < 1.29 is 9.53 Å². The van der Waals surface area contributed by atoms with Gasteiger partial charge in [0.2, 0.25) is 5.91 Å². The Balaban J connectivity index is 2.56. The predicted octanol–water partition coefficient (Wildman–Crippen LogP) is 1.87. The summed E-state index contributed by atoms with van der Waals surface area (Å²) in [6, 6.07) is 5.91. The van der Waals surface area contributed by atoms with Gasteiger partial charge in [0.25, 0.3) is 0 Å². The molecule has 1 unspecified atom stereocenters. The van der Waals surface area contributed by atoms with Crippen LogP contribution < -0.4 is 10.5 Å². The van der Waals surface area contributed by atoms with Crippen LogP contribution in [0.3, 0.4) is 0 Å². The molecule has 4 heteroatoms. The van der Waals surface area contributed by atoms with Crippen LogP contribution in [-0.2, 0) is 4.79 Å². The van der Waals surface area contributed by atoms with Crippen molar-refractivity contribution in [1.82, 2.24) is 4.90 Å². The molecule has 0 aliphatic carbocycles. The van der Waals surface area contributed by atoms with Gasteiger partial charge in [0.15, 0.2) is 0 Å². The average Bonchev–Trinajstić information content (AvgIpc) is 2.30. The summed E-state index contributed by atoms with van der Waals surface area (Å²) in [4.78, 5) is 13.0. The van der Waals surface area contributed by atoms with Gasteiger partial charge in [-0.3, -0.25) is 4.79 Å². The summed E-state index contributed by atoms with van der Waals surface area (Å²) in [5.74, 6) is 0.880. The maximum Gasteiger partial charge on any atom is 0.225 e. The van der Waals surface area contributed by atoms with Gasteiger partial charge < -0.3 is 15.4 Å². The predicted molar refractivity (Wildman–Crippen MR) is 72.6 cm³/mol. The van der Waals surface area contributed by atoms with Crippen LogP contribution in [0.15, 0.2) is 18.2 Å². The minimum absolute atomic E-state index is 0.0214. The molecule has 1 atom stereocenters. The highest BCUT2D eigenvalue weighted by Gasteiger charge is 2.07. The normalized spacial score (nSPS) is 12.1. The van der Waals surface area contributed by atoms with Crippen molar-refractivity contribution in [1.29, 1.82) is 0 Å². The van der Waals surface area contributed by atoms with Gasteiger partial charge >= 0.3 is 0 Å². The van der Waals surface area contributed by atoms with Gasteiger partial charge in [0.1, 0.15) is 5.75 Å². The van der Waals surface area contributed by atoms with E-state index in [1.54, 1.807) is 19.0 Å². The summed E-state index contributed by atoms with van der Waals surface area (Å²) in [7, 11) is 3.48. The number of nitrogens with zero attached hydrogens (tertiary/aromatic N) is 1. The zero-order valence-electron chi connectivity index (χ0n) is 11.6. The molecule has 0 bridgehead atoms. The molecule has 0 heterocycles. The van der Waals surface area contributed by atoms with Crippen LogP contribution in [0.1, 0.15) is 30.5 Å². The van der Waals surface area contributed by atoms with Gasteiger partial charge in [0.05, 0.1) is 13.0 Å². The van der Waals surface area contributed by atoms with Crippen LogP contribution in [0.5, 0.6) is 5.75 Å². The van der Waals surface area contributed by atoms with E-state index in [9.17, 15) is 4.79 Å². The third kappa shape index (κ3) is 4.04. The van der Waals surface area contributed by atoms with Crippen molar-refractivity contribution in [2.24, 2.45) is 5.73 Å². The molecule has 0 aliphatic heterocycles. The highest BCUT2D eigenvalue weighted by molar-refractivity contribution is 5.75. The molecule has 0 saturated heterocycles. The van der Waals surface area contributed by atoms with Gasteiger partial charge in [-0.15, -0.1) is 0 Å². The highest BCUT2D eigenvalue weighted by atomic mass is 16.5. The van der Waals surface area contributed by atoms with Crippen molar-refractivity contribution in [3.63, 3.8) is 0 Å². The number of hydrogen-bond acceptors (Lipinski definition) is 3. The second-order valence-corrected chi connectivity index (χ2v) is 4.70. The maximum atomic E-state index is 11.4. The fourth-order valence-corrected chi connectivity index (χ4v) is 1.59. The lowest BCUT2D eigenvalue weighted by Gasteiger charge is -2.13. The van der Waals surface area contributed by atoms with Crippen molar-refractivity contribution >= 4 is 5.91 Å². The van der Waals surface area contributed by atoms with E-state index in [4.69, 9.17) is 10.5 Å². The van der Waals surface area contributed by atoms with Gasteiger partial charge in [-0.1, -0.05) is 12.1 Å². The molecule has 1 rings (SSSR count). The Morgan fingerprint density at radius 3 is 2.61 bits per heavy atom. The molecule has 4 nitrogen and oxygen atoms in total. The SMILES string of the molecule is Cc1cc(C(C)N)ccc1OCCC(=O)N(C)C. The van der Waals surface area contributed by atoms with Crippen LogP contribution in [0.4, 0.5) is 0 Å². The number of carbonyl (C=O) groups is 1. The van der Waals surface area contributed by atoms with Crippen LogP contribution in [-0.4, -0.2) is 31.5 Å². The van der Waals surface area contributed by atoms with E-state index in [2.05, 4.69) is 0 Å². The van der Waals surface area contributed by atoms with E-state index in [0.717, 1.165) is 16.9 Å². The zero-order chi connectivity index (χ0) is 13.7. The Morgan fingerprint density at radius 2 is 2.11 bits per heavy atom. The summed E-state index contributed by atoms with van der Waals surface area (Å²) >= 11 is 0. The number of aryl methyl sites for hydroxylation is 1. The second kappa shape index (κ2) is 6.40. The van der Waals surface area contributed by atoms with E-state index in [-0.39, 0.29) is 11.9 Å². The first kappa shape index (κ1) is 14.5. The third-order valence-electron chi connectivity index (χ3n) is 2.80. The fraction of sp³-hybridized carbons (Fsp3) is 0.500. The lowest BCUT2D eigenvalue weighted by molar-refractivity contribution is -0.129. The number of carbonyl (C=O) groups excluding carboxylic acids is 1. The molecule has 0 spiro atoms. The van der Waals surface area contributed by atoms with Crippen molar-refractivity contribution in [2.45, 2.75) is 26.3 Å². The Kier molecular flexibility index (Phi) is 5.16. The van der Waals surface area contributed by atoms with Gasteiger partial charge in [0, 0.05) is 20.1 Å². The molecule has 2 N–H and O–H groups in total. The summed E-state index contributed by atoms with van der Waals surface area (Å²) in [6.07, 6.45) is 0.390. The molecule has 18 heavy (non-hydrogen) atoms. The molecular weight excluding hydrogens is 228 g/mol. The van der Waals surface area contributed by atoms with Crippen LogP contribution >= 0.6 is 0 Å². The molecule has 1 amide bonds. The first-order valence-electron chi connectivity index (χ1n) is 6.11. The summed E-state index contributed by atoms with van der Waals surface area (Å²) in [6.45, 7) is 4.33. The standard InChI is InChI=1S/C14H22N2O2/c1-10-9-12(11(2)15)5-6-13(10)18-8-7-14(17)16(3)4/h5-6,9,11H,7-8,15H2,1-4H3. The molecular formula is C14H22N2O2. The van der Waals surface area contributed by atoms with Gasteiger partial charge in [-0.25, -0.2) is 0 Å². The minimum Gasteiger partial charge on any atom is -0.493 e. The minimum atomic E-state index is 0.0214. The zero-order valence-corrected chi connectivity index (χ0v) is 11.6. The number of hydrogen-bond donors (Lipinski definition) is 1. The molecule has 100 valence electrons. The number of rotatable bonds is 5. The summed E-state index contributed by atoms with van der Waals surface area (Å²) in [5.41, 5.74) is 7.95. The topological polar surface area (TPSA) is 55.6 Å². The monoisotopic (exact) mass is 250 g/mol. The lowest BCUT2D eigenvalue weighted by atomic mass is 10.1. The maximum absolute atomic E-state index is 11.4. The van der Waals surface area contributed by atoms with E-state index < -0.39 is 0 Å². The Morgan fingerprint density at radius 1 is 1.44 bits per heavy atom. The Bertz CT molecular complexity index is 414. The Labute approximate surface area is 109 Å². The van der Waals surface area contributed by atoms with Crippen LogP contribution in [0, 0.1) is 6.92 Å². The summed E-state index contributed by atoms with van der Waals surface area (Å²) < 4.78 is 5.60. The number of amides is 1.